The maximum Gasteiger partial charge on any atom is 0.243 e. The van der Waals surface area contributed by atoms with Gasteiger partial charge in [-0.3, -0.25) is 9.59 Å². The molecule has 3 atom stereocenters. The maximum atomic E-state index is 12.8. The number of benzene rings is 1. The topological polar surface area (TPSA) is 129 Å². The number of carbonyl (C=O) groups is 2. The minimum absolute atomic E-state index is 0.0692. The number of rotatable bonds is 5. The molecule has 2 aromatic rings. The molecule has 2 heterocycles. The standard InChI is InChI=1S/C22H30N4O4S/c1-12-18(31-11-25-12)13-5-6-14(17(28)7-13)9-24-20(29)16-8-15(27)10-26(16)21(30)19(23)22(2,3)4/h5-7,11,15-16,19,27-28H,8-10,23H2,1-4H3,(H,24,29)/t15-,16+,19-/m1/s1. The van der Waals surface area contributed by atoms with Crippen LogP contribution in [0.5, 0.6) is 5.75 Å². The van der Waals surface area contributed by atoms with Gasteiger partial charge in [0.1, 0.15) is 11.8 Å². The van der Waals surface area contributed by atoms with E-state index in [1.54, 1.807) is 17.6 Å². The highest BCUT2D eigenvalue weighted by Gasteiger charge is 2.42. The van der Waals surface area contributed by atoms with Crippen LogP contribution in [0.2, 0.25) is 0 Å². The number of nitrogens with two attached hydrogens (primary N) is 1. The lowest BCUT2D eigenvalue weighted by molar-refractivity contribution is -0.141. The van der Waals surface area contributed by atoms with Gasteiger partial charge in [-0.2, -0.15) is 0 Å². The maximum absolute atomic E-state index is 12.8. The van der Waals surface area contributed by atoms with Crippen molar-refractivity contribution in [3.8, 4) is 16.2 Å². The van der Waals surface area contributed by atoms with E-state index in [1.807, 2.05) is 33.8 Å². The molecule has 1 aromatic heterocycles. The normalized spacial score (nSPS) is 20.0. The number of aliphatic hydroxyl groups excluding tert-OH is 1. The molecule has 1 aliphatic heterocycles. The van der Waals surface area contributed by atoms with Crippen molar-refractivity contribution in [2.45, 2.75) is 58.8 Å². The number of amides is 2. The lowest BCUT2D eigenvalue weighted by Gasteiger charge is -2.32. The number of nitrogens with one attached hydrogen (secondary N) is 1. The van der Waals surface area contributed by atoms with Crippen LogP contribution in [0.4, 0.5) is 0 Å². The number of hydrogen-bond acceptors (Lipinski definition) is 7. The minimum atomic E-state index is -0.794. The van der Waals surface area contributed by atoms with E-state index in [0.29, 0.717) is 5.56 Å². The summed E-state index contributed by atoms with van der Waals surface area (Å²) in [6.07, 6.45) is -0.619. The zero-order valence-corrected chi connectivity index (χ0v) is 19.1. The van der Waals surface area contributed by atoms with Gasteiger partial charge in [-0.1, -0.05) is 32.9 Å². The fourth-order valence-electron chi connectivity index (χ4n) is 3.59. The Morgan fingerprint density at radius 1 is 1.39 bits per heavy atom. The zero-order valence-electron chi connectivity index (χ0n) is 18.3. The second-order valence-corrected chi connectivity index (χ2v) is 9.92. The molecule has 1 aliphatic rings. The van der Waals surface area contributed by atoms with Crippen LogP contribution in [-0.2, 0) is 16.1 Å². The van der Waals surface area contributed by atoms with Gasteiger partial charge in [0.05, 0.1) is 28.2 Å². The van der Waals surface area contributed by atoms with Crippen LogP contribution in [0.3, 0.4) is 0 Å². The highest BCUT2D eigenvalue weighted by atomic mass is 32.1. The van der Waals surface area contributed by atoms with Gasteiger partial charge in [0, 0.05) is 25.1 Å². The molecule has 5 N–H and O–H groups in total. The SMILES string of the molecule is Cc1ncsc1-c1ccc(CNC(=O)[C@@H]2C[C@@H](O)CN2C(=O)[C@@H](N)C(C)(C)C)c(O)c1. The summed E-state index contributed by atoms with van der Waals surface area (Å²) in [7, 11) is 0. The van der Waals surface area contributed by atoms with Crippen LogP contribution in [0.15, 0.2) is 23.7 Å². The number of thiazole rings is 1. The lowest BCUT2D eigenvalue weighted by atomic mass is 9.86. The summed E-state index contributed by atoms with van der Waals surface area (Å²) >= 11 is 1.50. The summed E-state index contributed by atoms with van der Waals surface area (Å²) in [5.74, 6) is -0.663. The van der Waals surface area contributed by atoms with Crippen LogP contribution >= 0.6 is 11.3 Å². The Bertz CT molecular complexity index is 969. The highest BCUT2D eigenvalue weighted by Crippen LogP contribution is 2.31. The van der Waals surface area contributed by atoms with Crippen molar-refractivity contribution in [3.63, 3.8) is 0 Å². The molecule has 9 heteroatoms. The van der Waals surface area contributed by atoms with Gasteiger partial charge in [-0.15, -0.1) is 11.3 Å². The van der Waals surface area contributed by atoms with Gasteiger partial charge < -0.3 is 26.2 Å². The number of aryl methyl sites for hydroxylation is 1. The van der Waals surface area contributed by atoms with Gasteiger partial charge in [0.25, 0.3) is 0 Å². The smallest absolute Gasteiger partial charge is 0.243 e. The first kappa shape index (κ1) is 23.2. The number of β-amino-alcohol motifs (C(OH)–C–C–N with tert-alkyl or cyclic N) is 1. The number of phenols is 1. The van der Waals surface area contributed by atoms with Crippen molar-refractivity contribution in [2.24, 2.45) is 11.1 Å². The molecule has 0 aliphatic carbocycles. The Kier molecular flexibility index (Phi) is 6.68. The van der Waals surface area contributed by atoms with E-state index in [1.165, 1.54) is 16.2 Å². The first-order chi connectivity index (χ1) is 14.5. The number of nitrogens with zero attached hydrogens (tertiary/aromatic N) is 2. The van der Waals surface area contributed by atoms with Crippen molar-refractivity contribution < 1.29 is 19.8 Å². The van der Waals surface area contributed by atoms with Crippen molar-refractivity contribution in [1.29, 1.82) is 0 Å². The van der Waals surface area contributed by atoms with Gasteiger partial charge in [-0.05, 0) is 24.0 Å². The number of carbonyl (C=O) groups excluding carboxylic acids is 2. The molecule has 0 bridgehead atoms. The minimum Gasteiger partial charge on any atom is -0.508 e. The number of aliphatic hydroxyl groups is 1. The van der Waals surface area contributed by atoms with Crippen LogP contribution < -0.4 is 11.1 Å². The van der Waals surface area contributed by atoms with Crippen molar-refractivity contribution in [1.82, 2.24) is 15.2 Å². The molecule has 3 rings (SSSR count). The summed E-state index contributed by atoms with van der Waals surface area (Å²) < 4.78 is 0. The largest absolute Gasteiger partial charge is 0.508 e. The zero-order chi connectivity index (χ0) is 22.9. The Morgan fingerprint density at radius 2 is 2.10 bits per heavy atom. The average molecular weight is 447 g/mol. The first-order valence-corrected chi connectivity index (χ1v) is 11.1. The fraction of sp³-hybridized carbons (Fsp3) is 0.500. The summed E-state index contributed by atoms with van der Waals surface area (Å²) in [6.45, 7) is 7.67. The molecule has 8 nitrogen and oxygen atoms in total. The van der Waals surface area contributed by atoms with Gasteiger partial charge in [0.15, 0.2) is 0 Å². The third kappa shape index (κ3) is 5.06. The van der Waals surface area contributed by atoms with Gasteiger partial charge >= 0.3 is 0 Å². The second kappa shape index (κ2) is 8.94. The Hall–Kier alpha value is -2.49. The van der Waals surface area contributed by atoms with Crippen LogP contribution in [0.1, 0.15) is 38.4 Å². The van der Waals surface area contributed by atoms with E-state index >= 15 is 0 Å². The molecule has 0 radical (unpaired) electrons. The van der Waals surface area contributed by atoms with E-state index in [0.717, 1.165) is 16.1 Å². The first-order valence-electron chi connectivity index (χ1n) is 10.2. The second-order valence-electron chi connectivity index (χ2n) is 9.07. The van der Waals surface area contributed by atoms with Crippen LogP contribution in [0.25, 0.3) is 10.4 Å². The Balaban J connectivity index is 1.68. The van der Waals surface area contributed by atoms with E-state index in [4.69, 9.17) is 5.73 Å². The molecule has 2 amide bonds. The molecule has 0 spiro atoms. The van der Waals surface area contributed by atoms with E-state index in [2.05, 4.69) is 10.3 Å². The Morgan fingerprint density at radius 3 is 2.68 bits per heavy atom. The van der Waals surface area contributed by atoms with Crippen LogP contribution in [0, 0.1) is 12.3 Å². The molecule has 1 fully saturated rings. The molecule has 31 heavy (non-hydrogen) atoms. The third-order valence-corrected chi connectivity index (χ3v) is 6.59. The summed E-state index contributed by atoms with van der Waals surface area (Å²) in [5, 5.41) is 23.3. The Labute approximate surface area is 186 Å². The number of aromatic nitrogens is 1. The molecular formula is C22H30N4O4S. The molecular weight excluding hydrogens is 416 g/mol. The predicted molar refractivity (Wildman–Crippen MR) is 119 cm³/mol. The third-order valence-electron chi connectivity index (χ3n) is 5.61. The number of likely N-dealkylation sites (tertiary alicyclic amines) is 1. The number of aromatic hydroxyl groups is 1. The van der Waals surface area contributed by atoms with Crippen molar-refractivity contribution in [2.75, 3.05) is 6.54 Å². The molecule has 1 aromatic carbocycles. The van der Waals surface area contributed by atoms with Gasteiger partial charge in [-0.25, -0.2) is 4.98 Å². The van der Waals surface area contributed by atoms with Crippen LogP contribution in [-0.4, -0.2) is 56.6 Å². The quantitative estimate of drug-likeness (QED) is 0.554. The summed E-state index contributed by atoms with van der Waals surface area (Å²) in [6, 6.07) is 3.71. The van der Waals surface area contributed by atoms with E-state index in [9.17, 15) is 19.8 Å². The predicted octanol–water partition coefficient (Wildman–Crippen LogP) is 1.78. The number of phenolic OH excluding ortho intramolecular Hbond substituents is 1. The molecule has 1 saturated heterocycles. The highest BCUT2D eigenvalue weighted by molar-refractivity contribution is 7.13. The average Bonchev–Trinajstić information content (AvgIpc) is 3.30. The van der Waals surface area contributed by atoms with Crippen molar-refractivity contribution in [3.05, 3.63) is 35.0 Å². The number of hydrogen-bond donors (Lipinski definition) is 4. The molecule has 0 unspecified atom stereocenters. The van der Waals surface area contributed by atoms with Gasteiger partial charge in [0.2, 0.25) is 11.8 Å². The molecule has 0 saturated carbocycles. The lowest BCUT2D eigenvalue weighted by Crippen LogP contribution is -2.54. The van der Waals surface area contributed by atoms with E-state index in [-0.39, 0.29) is 37.1 Å². The monoisotopic (exact) mass is 446 g/mol. The summed E-state index contributed by atoms with van der Waals surface area (Å²) in [4.78, 5) is 32.2. The van der Waals surface area contributed by atoms with Crippen molar-refractivity contribution >= 4 is 23.2 Å². The molecule has 168 valence electrons. The summed E-state index contributed by atoms with van der Waals surface area (Å²) in [5.41, 5.74) is 9.69. The fourth-order valence-corrected chi connectivity index (χ4v) is 4.39. The van der Waals surface area contributed by atoms with E-state index < -0.39 is 23.6 Å².